The molecule has 1 aromatic carbocycles. The van der Waals surface area contributed by atoms with Crippen molar-refractivity contribution in [2.75, 3.05) is 19.8 Å². The molecule has 1 aromatic rings. The molecule has 0 unspecified atom stereocenters. The van der Waals surface area contributed by atoms with Crippen molar-refractivity contribution in [1.82, 2.24) is 5.32 Å². The zero-order valence-corrected chi connectivity index (χ0v) is 11.9. The fourth-order valence-electron chi connectivity index (χ4n) is 2.94. The average Bonchev–Trinajstić information content (AvgIpc) is 2.37. The molecule has 0 atom stereocenters. The van der Waals surface area contributed by atoms with Crippen LogP contribution in [0.4, 0.5) is 0 Å². The summed E-state index contributed by atoms with van der Waals surface area (Å²) in [6.07, 6.45) is 3.87. The van der Waals surface area contributed by atoms with Gasteiger partial charge in [0.25, 0.3) is 0 Å². The second kappa shape index (κ2) is 5.04. The first-order chi connectivity index (χ1) is 9.20. The molecule has 1 fully saturated rings. The van der Waals surface area contributed by atoms with E-state index >= 15 is 0 Å². The van der Waals surface area contributed by atoms with Crippen molar-refractivity contribution in [2.45, 2.75) is 44.6 Å². The van der Waals surface area contributed by atoms with Crippen LogP contribution in [0.25, 0.3) is 0 Å². The minimum Gasteiger partial charge on any atom is -0.486 e. The molecule has 1 heterocycles. The minimum atomic E-state index is 0.306. The fourth-order valence-corrected chi connectivity index (χ4v) is 2.94. The van der Waals surface area contributed by atoms with Crippen molar-refractivity contribution >= 4 is 0 Å². The first-order valence-electron chi connectivity index (χ1n) is 7.33. The highest BCUT2D eigenvalue weighted by molar-refractivity contribution is 5.46. The van der Waals surface area contributed by atoms with E-state index in [1.165, 1.54) is 24.8 Å². The van der Waals surface area contributed by atoms with Crippen LogP contribution in [0.15, 0.2) is 18.2 Å². The lowest BCUT2D eigenvalue weighted by Crippen LogP contribution is -2.45. The van der Waals surface area contributed by atoms with Crippen molar-refractivity contribution in [3.63, 3.8) is 0 Å². The zero-order chi connectivity index (χ0) is 13.3. The Morgan fingerprint density at radius 3 is 2.53 bits per heavy atom. The van der Waals surface area contributed by atoms with Gasteiger partial charge < -0.3 is 14.8 Å². The number of nitrogens with one attached hydrogen (secondary N) is 1. The second-order valence-electron chi connectivity index (χ2n) is 6.03. The number of fused-ring (bicyclic) bond motifs is 1. The standard InChI is InChI=1S/C16H23NO2/c1-12(2)17-11-16(6-3-7-16)13-4-5-14-15(10-13)19-9-8-18-14/h4-5,10,12,17H,3,6-9,11H2,1-2H3. The van der Waals surface area contributed by atoms with E-state index in [2.05, 4.69) is 37.4 Å². The number of hydrogen-bond donors (Lipinski definition) is 1. The molecule has 0 bridgehead atoms. The van der Waals surface area contributed by atoms with E-state index < -0.39 is 0 Å². The molecule has 0 radical (unpaired) electrons. The topological polar surface area (TPSA) is 30.5 Å². The molecule has 0 amide bonds. The van der Waals surface area contributed by atoms with Gasteiger partial charge in [-0.05, 0) is 30.5 Å². The Bertz CT molecular complexity index is 452. The lowest BCUT2D eigenvalue weighted by atomic mass is 9.64. The molecule has 1 aliphatic heterocycles. The van der Waals surface area contributed by atoms with Crippen LogP contribution >= 0.6 is 0 Å². The average molecular weight is 261 g/mol. The molecule has 104 valence electrons. The molecule has 1 N–H and O–H groups in total. The molecule has 3 rings (SSSR count). The van der Waals surface area contributed by atoms with Gasteiger partial charge in [0.05, 0.1) is 0 Å². The summed E-state index contributed by atoms with van der Waals surface area (Å²) in [5.74, 6) is 1.81. The lowest BCUT2D eigenvalue weighted by Gasteiger charge is -2.43. The third kappa shape index (κ3) is 2.44. The first-order valence-corrected chi connectivity index (χ1v) is 7.33. The maximum atomic E-state index is 5.71. The van der Waals surface area contributed by atoms with Gasteiger partial charge in [0, 0.05) is 18.0 Å². The molecule has 3 heteroatoms. The Kier molecular flexibility index (Phi) is 3.40. The van der Waals surface area contributed by atoms with Crippen LogP contribution in [0.5, 0.6) is 11.5 Å². The molecule has 1 aliphatic carbocycles. The highest BCUT2D eigenvalue weighted by Gasteiger charge is 2.39. The number of ether oxygens (including phenoxy) is 2. The fraction of sp³-hybridized carbons (Fsp3) is 0.625. The van der Waals surface area contributed by atoms with Crippen LogP contribution in [0.1, 0.15) is 38.7 Å². The maximum Gasteiger partial charge on any atom is 0.161 e. The molecule has 0 saturated heterocycles. The minimum absolute atomic E-state index is 0.306. The van der Waals surface area contributed by atoms with Gasteiger partial charge in [-0.3, -0.25) is 0 Å². The highest BCUT2D eigenvalue weighted by Crippen LogP contribution is 2.45. The van der Waals surface area contributed by atoms with Crippen molar-refractivity contribution in [2.24, 2.45) is 0 Å². The molecule has 0 spiro atoms. The van der Waals surface area contributed by atoms with E-state index in [0.717, 1.165) is 18.0 Å². The summed E-state index contributed by atoms with van der Waals surface area (Å²) in [6, 6.07) is 7.01. The largest absolute Gasteiger partial charge is 0.486 e. The molecular weight excluding hydrogens is 238 g/mol. The van der Waals surface area contributed by atoms with Gasteiger partial charge >= 0.3 is 0 Å². The summed E-state index contributed by atoms with van der Waals surface area (Å²) in [7, 11) is 0. The van der Waals surface area contributed by atoms with Crippen LogP contribution in [0.2, 0.25) is 0 Å². The van der Waals surface area contributed by atoms with Crippen molar-refractivity contribution in [1.29, 1.82) is 0 Å². The van der Waals surface area contributed by atoms with E-state index in [0.29, 0.717) is 24.7 Å². The van der Waals surface area contributed by atoms with Gasteiger partial charge in [0.15, 0.2) is 11.5 Å². The van der Waals surface area contributed by atoms with Crippen molar-refractivity contribution < 1.29 is 9.47 Å². The van der Waals surface area contributed by atoms with Crippen molar-refractivity contribution in [3.8, 4) is 11.5 Å². The summed E-state index contributed by atoms with van der Waals surface area (Å²) in [6.45, 7) is 6.79. The van der Waals surface area contributed by atoms with Gasteiger partial charge in [0.1, 0.15) is 13.2 Å². The van der Waals surface area contributed by atoms with Gasteiger partial charge in [-0.25, -0.2) is 0 Å². The predicted octanol–water partition coefficient (Wildman–Crippen LogP) is 2.88. The Hall–Kier alpha value is -1.22. The van der Waals surface area contributed by atoms with Crippen LogP contribution in [0, 0.1) is 0 Å². The third-order valence-electron chi connectivity index (χ3n) is 4.31. The zero-order valence-electron chi connectivity index (χ0n) is 11.9. The first kappa shape index (κ1) is 12.8. The van der Waals surface area contributed by atoms with Crippen LogP contribution in [0.3, 0.4) is 0 Å². The van der Waals surface area contributed by atoms with Gasteiger partial charge in [-0.15, -0.1) is 0 Å². The highest BCUT2D eigenvalue weighted by atomic mass is 16.6. The predicted molar refractivity (Wildman–Crippen MR) is 76.1 cm³/mol. The Labute approximate surface area is 115 Å². The molecule has 19 heavy (non-hydrogen) atoms. The van der Waals surface area contributed by atoms with E-state index in [1.54, 1.807) is 0 Å². The second-order valence-corrected chi connectivity index (χ2v) is 6.03. The normalized spacial score (nSPS) is 20.2. The molecule has 1 saturated carbocycles. The van der Waals surface area contributed by atoms with Crippen LogP contribution < -0.4 is 14.8 Å². The van der Waals surface area contributed by atoms with E-state index in [-0.39, 0.29) is 0 Å². The van der Waals surface area contributed by atoms with Gasteiger partial charge in [-0.1, -0.05) is 26.3 Å². The Morgan fingerprint density at radius 1 is 1.16 bits per heavy atom. The summed E-state index contributed by atoms with van der Waals surface area (Å²) in [4.78, 5) is 0. The summed E-state index contributed by atoms with van der Waals surface area (Å²) >= 11 is 0. The number of rotatable bonds is 4. The molecule has 0 aromatic heterocycles. The lowest BCUT2D eigenvalue weighted by molar-refractivity contribution is 0.169. The van der Waals surface area contributed by atoms with E-state index in [4.69, 9.17) is 9.47 Å². The molecule has 2 aliphatic rings. The summed E-state index contributed by atoms with van der Waals surface area (Å²) < 4.78 is 11.3. The van der Waals surface area contributed by atoms with Gasteiger partial charge in [0.2, 0.25) is 0 Å². The van der Waals surface area contributed by atoms with E-state index in [9.17, 15) is 0 Å². The van der Waals surface area contributed by atoms with Crippen LogP contribution in [-0.4, -0.2) is 25.8 Å². The Balaban J connectivity index is 1.83. The van der Waals surface area contributed by atoms with Crippen LogP contribution in [-0.2, 0) is 5.41 Å². The molecule has 3 nitrogen and oxygen atoms in total. The quantitative estimate of drug-likeness (QED) is 0.904. The third-order valence-corrected chi connectivity index (χ3v) is 4.31. The van der Waals surface area contributed by atoms with Crippen molar-refractivity contribution in [3.05, 3.63) is 23.8 Å². The van der Waals surface area contributed by atoms with Gasteiger partial charge in [-0.2, -0.15) is 0 Å². The molecular formula is C16H23NO2. The Morgan fingerprint density at radius 2 is 1.89 bits per heavy atom. The smallest absolute Gasteiger partial charge is 0.161 e. The van der Waals surface area contributed by atoms with E-state index in [1.807, 2.05) is 0 Å². The summed E-state index contributed by atoms with van der Waals surface area (Å²) in [5, 5.41) is 3.59. The monoisotopic (exact) mass is 261 g/mol. The number of benzene rings is 1. The number of hydrogen-bond acceptors (Lipinski definition) is 3. The maximum absolute atomic E-state index is 5.71. The summed E-state index contributed by atoms with van der Waals surface area (Å²) in [5.41, 5.74) is 1.70. The SMILES string of the molecule is CC(C)NCC1(c2ccc3c(c2)OCCO3)CCC1.